The van der Waals surface area contributed by atoms with Crippen LogP contribution in [0.3, 0.4) is 0 Å². The van der Waals surface area contributed by atoms with Gasteiger partial charge in [-0.1, -0.05) is 194 Å². The summed E-state index contributed by atoms with van der Waals surface area (Å²) in [5.41, 5.74) is 12.9. The van der Waals surface area contributed by atoms with Crippen molar-refractivity contribution in [2.24, 2.45) is 0 Å². The molecule has 1 aromatic heterocycles. The van der Waals surface area contributed by atoms with Crippen molar-refractivity contribution in [1.29, 1.82) is 0 Å². The van der Waals surface area contributed by atoms with Gasteiger partial charge in [-0.15, -0.1) is 11.3 Å². The summed E-state index contributed by atoms with van der Waals surface area (Å²) in [7, 11) is 0. The summed E-state index contributed by atoms with van der Waals surface area (Å²) in [6.07, 6.45) is 0. The molecule has 0 aliphatic carbocycles. The van der Waals surface area contributed by atoms with Gasteiger partial charge >= 0.3 is 0 Å². The van der Waals surface area contributed by atoms with Crippen molar-refractivity contribution in [2.45, 2.75) is 0 Å². The number of nitrogens with zero attached hydrogens (tertiary/aromatic N) is 1. The van der Waals surface area contributed by atoms with Crippen molar-refractivity contribution in [3.63, 3.8) is 0 Å². The maximum Gasteiger partial charge on any atom is 0.0546 e. The van der Waals surface area contributed by atoms with Crippen LogP contribution in [0.1, 0.15) is 0 Å². The summed E-state index contributed by atoms with van der Waals surface area (Å²) < 4.78 is 2.64. The van der Waals surface area contributed by atoms with Crippen LogP contribution in [0.2, 0.25) is 0 Å². The molecule has 0 bridgehead atoms. The van der Waals surface area contributed by atoms with E-state index >= 15 is 0 Å². The van der Waals surface area contributed by atoms with Crippen LogP contribution in [-0.2, 0) is 0 Å². The third-order valence-electron chi connectivity index (χ3n) is 12.5. The van der Waals surface area contributed by atoms with E-state index in [0.29, 0.717) is 0 Å². The quantitative estimate of drug-likeness (QED) is 0.145. The van der Waals surface area contributed by atoms with Crippen molar-refractivity contribution in [2.75, 3.05) is 4.90 Å². The van der Waals surface area contributed by atoms with E-state index in [1.807, 2.05) is 11.3 Å². The number of fused-ring (bicyclic) bond motifs is 7. The van der Waals surface area contributed by atoms with Crippen LogP contribution in [0.4, 0.5) is 17.1 Å². The molecule has 0 aliphatic rings. The molecule has 1 nitrogen and oxygen atoms in total. The van der Waals surface area contributed by atoms with E-state index in [1.54, 1.807) is 0 Å². The number of rotatable bonds is 7. The average molecular weight is 806 g/mol. The van der Waals surface area contributed by atoms with Crippen LogP contribution in [-0.4, -0.2) is 0 Å². The molecular formula is C60H39NS. The molecule has 0 fully saturated rings. The lowest BCUT2D eigenvalue weighted by molar-refractivity contribution is 1.28. The Morgan fingerprint density at radius 1 is 0.274 bits per heavy atom. The largest absolute Gasteiger partial charge is 0.310 e. The number of benzene rings is 11. The number of hydrogen-bond donors (Lipinski definition) is 0. The van der Waals surface area contributed by atoms with Gasteiger partial charge in [0.25, 0.3) is 0 Å². The van der Waals surface area contributed by atoms with Gasteiger partial charge in [-0.3, -0.25) is 0 Å². The molecule has 11 aromatic carbocycles. The predicted octanol–water partition coefficient (Wildman–Crippen LogP) is 17.7. The van der Waals surface area contributed by atoms with Crippen LogP contribution < -0.4 is 4.90 Å². The molecule has 1 heterocycles. The van der Waals surface area contributed by atoms with E-state index < -0.39 is 0 Å². The molecule has 0 atom stereocenters. The highest BCUT2D eigenvalue weighted by Gasteiger charge is 2.21. The second kappa shape index (κ2) is 15.0. The van der Waals surface area contributed by atoms with Gasteiger partial charge in [0.05, 0.1) is 5.69 Å². The van der Waals surface area contributed by atoms with Crippen LogP contribution in [0.15, 0.2) is 237 Å². The molecule has 0 radical (unpaired) electrons. The highest BCUT2D eigenvalue weighted by molar-refractivity contribution is 7.26. The van der Waals surface area contributed by atoms with E-state index in [-0.39, 0.29) is 0 Å². The molecule has 0 amide bonds. The van der Waals surface area contributed by atoms with Gasteiger partial charge in [-0.25, -0.2) is 0 Å². The van der Waals surface area contributed by atoms with Crippen LogP contribution in [0.5, 0.6) is 0 Å². The summed E-state index contributed by atoms with van der Waals surface area (Å²) in [6, 6.07) is 86.8. The first-order valence-corrected chi connectivity index (χ1v) is 22.1. The lowest BCUT2D eigenvalue weighted by Crippen LogP contribution is -2.11. The first kappa shape index (κ1) is 36.1. The third-order valence-corrected chi connectivity index (χ3v) is 13.7. The topological polar surface area (TPSA) is 3.24 Å². The van der Waals surface area contributed by atoms with Gasteiger partial charge in [0.15, 0.2) is 0 Å². The SMILES string of the molecule is c1ccc(-c2ccc(-c3cc4ccccc4c4ccccc34)cc2N(c2ccc(-c3cccc4ccccc34)cc2)c2ccc(-c3cccc4c3sc3ccccc34)cc2)cc1. The van der Waals surface area contributed by atoms with Crippen molar-refractivity contribution in [3.05, 3.63) is 237 Å². The zero-order chi connectivity index (χ0) is 41.0. The molecule has 290 valence electrons. The number of hydrogen-bond acceptors (Lipinski definition) is 2. The van der Waals surface area contributed by atoms with Crippen molar-refractivity contribution < 1.29 is 0 Å². The van der Waals surface area contributed by atoms with Crippen LogP contribution in [0.25, 0.3) is 97.0 Å². The molecule has 0 spiro atoms. The third kappa shape index (κ3) is 6.15. The number of thiophene rings is 1. The maximum atomic E-state index is 2.45. The zero-order valence-electron chi connectivity index (χ0n) is 33.9. The standard InChI is InChI=1S/C60H39NS/c1-2-14-41(15-3-1)51-37-32-45(57-38-44-17-5-7-20-50(44)53-21-8-9-22-54(53)57)39-58(51)61(46-33-28-42(29-34-46)49-24-12-18-40-16-4-6-19-48(40)49)47-35-30-43(31-36-47)52-25-13-26-56-55-23-10-11-27-59(55)62-60(52)56/h1-39H. The Balaban J connectivity index is 1.07. The Morgan fingerprint density at radius 3 is 1.58 bits per heavy atom. The predicted molar refractivity (Wildman–Crippen MR) is 268 cm³/mol. The number of anilines is 3. The summed E-state index contributed by atoms with van der Waals surface area (Å²) in [5.74, 6) is 0. The van der Waals surface area contributed by atoms with Crippen molar-refractivity contribution in [1.82, 2.24) is 0 Å². The summed E-state index contributed by atoms with van der Waals surface area (Å²) in [4.78, 5) is 2.45. The van der Waals surface area contributed by atoms with E-state index in [2.05, 4.69) is 241 Å². The van der Waals surface area contributed by atoms with Gasteiger partial charge in [-0.05, 0) is 114 Å². The molecule has 62 heavy (non-hydrogen) atoms. The summed E-state index contributed by atoms with van der Waals surface area (Å²) in [6.45, 7) is 0. The van der Waals surface area contributed by atoms with E-state index in [9.17, 15) is 0 Å². The van der Waals surface area contributed by atoms with Crippen LogP contribution >= 0.6 is 11.3 Å². The van der Waals surface area contributed by atoms with E-state index in [4.69, 9.17) is 0 Å². The molecule has 0 saturated carbocycles. The van der Waals surface area contributed by atoms with Gasteiger partial charge in [0, 0.05) is 37.1 Å². The highest BCUT2D eigenvalue weighted by atomic mass is 32.1. The second-order valence-electron chi connectivity index (χ2n) is 16.0. The van der Waals surface area contributed by atoms with Gasteiger partial charge in [-0.2, -0.15) is 0 Å². The minimum absolute atomic E-state index is 1.09. The van der Waals surface area contributed by atoms with E-state index in [0.717, 1.165) is 22.6 Å². The Labute approximate surface area is 365 Å². The molecule has 2 heteroatoms. The molecule has 12 rings (SSSR count). The Hall–Kier alpha value is -7.78. The molecule has 12 aromatic rings. The minimum atomic E-state index is 1.09. The van der Waals surface area contributed by atoms with E-state index in [1.165, 1.54) is 91.4 Å². The first-order chi connectivity index (χ1) is 30.7. The van der Waals surface area contributed by atoms with Gasteiger partial charge in [0.2, 0.25) is 0 Å². The Bertz CT molecular complexity index is 3610. The zero-order valence-corrected chi connectivity index (χ0v) is 34.7. The fourth-order valence-corrected chi connectivity index (χ4v) is 10.7. The maximum absolute atomic E-state index is 2.45. The molecular weight excluding hydrogens is 767 g/mol. The second-order valence-corrected chi connectivity index (χ2v) is 17.1. The molecule has 0 saturated heterocycles. The van der Waals surface area contributed by atoms with Gasteiger partial charge in [0.1, 0.15) is 0 Å². The monoisotopic (exact) mass is 805 g/mol. The highest BCUT2D eigenvalue weighted by Crippen LogP contribution is 2.46. The molecule has 0 unspecified atom stereocenters. The van der Waals surface area contributed by atoms with Gasteiger partial charge < -0.3 is 4.90 Å². The fraction of sp³-hybridized carbons (Fsp3) is 0. The lowest BCUT2D eigenvalue weighted by Gasteiger charge is -2.29. The van der Waals surface area contributed by atoms with Crippen molar-refractivity contribution in [3.8, 4) is 44.5 Å². The van der Waals surface area contributed by atoms with Crippen LogP contribution in [0, 0.1) is 0 Å². The Kier molecular flexibility index (Phi) is 8.76. The smallest absolute Gasteiger partial charge is 0.0546 e. The average Bonchev–Trinajstić information content (AvgIpc) is 3.74. The molecule has 0 N–H and O–H groups in total. The summed E-state index contributed by atoms with van der Waals surface area (Å²) >= 11 is 1.88. The molecule has 0 aliphatic heterocycles. The Morgan fingerprint density at radius 2 is 0.806 bits per heavy atom. The fourth-order valence-electron chi connectivity index (χ4n) is 9.50. The summed E-state index contributed by atoms with van der Waals surface area (Å²) in [5, 5.41) is 10.1. The normalized spacial score (nSPS) is 11.5. The first-order valence-electron chi connectivity index (χ1n) is 21.2. The minimum Gasteiger partial charge on any atom is -0.310 e. The lowest BCUT2D eigenvalue weighted by atomic mass is 9.91. The van der Waals surface area contributed by atoms with Crippen molar-refractivity contribution >= 4 is 80.9 Å².